The number of ether oxygens (including phenoxy) is 1. The van der Waals surface area contributed by atoms with Crippen LogP contribution in [-0.2, 0) is 0 Å². The predicted molar refractivity (Wildman–Crippen MR) is 181 cm³/mol. The Kier molecular flexibility index (Phi) is 7.15. The van der Waals surface area contributed by atoms with Crippen molar-refractivity contribution < 1.29 is 24.1 Å². The fraction of sp³-hybridized carbons (Fsp3) is 0.575. The first-order chi connectivity index (χ1) is 22.5. The third kappa shape index (κ3) is 4.34. The summed E-state index contributed by atoms with van der Waals surface area (Å²) in [5, 5.41) is 23.7. The van der Waals surface area contributed by atoms with Gasteiger partial charge in [0.05, 0.1) is 18.8 Å². The van der Waals surface area contributed by atoms with E-state index in [-0.39, 0.29) is 45.8 Å². The molecule has 47 heavy (non-hydrogen) atoms. The number of carbonyl (C=O) groups excluding carboxylic acids is 1. The molecule has 1 heterocycles. The first-order valence-corrected chi connectivity index (χ1v) is 17.7. The number of anilines is 1. The van der Waals surface area contributed by atoms with Crippen LogP contribution in [0.25, 0.3) is 0 Å². The van der Waals surface area contributed by atoms with Gasteiger partial charge < -0.3 is 19.8 Å². The van der Waals surface area contributed by atoms with Crippen molar-refractivity contribution in [2.45, 2.75) is 70.5 Å². The molecule has 2 bridgehead atoms. The summed E-state index contributed by atoms with van der Waals surface area (Å²) in [5.41, 5.74) is 0.502. The van der Waals surface area contributed by atoms with E-state index in [0.717, 1.165) is 81.7 Å². The molecule has 2 aromatic carbocycles. The van der Waals surface area contributed by atoms with Gasteiger partial charge in [-0.25, -0.2) is 4.39 Å². The largest absolute Gasteiger partial charge is 0.497 e. The molecule has 4 fully saturated rings. The van der Waals surface area contributed by atoms with E-state index in [4.69, 9.17) is 4.74 Å². The number of β-amino-alcohol motifs (C(OH)–C–C–N with tert-alkyl or cyclic N) is 1. The number of benzene rings is 2. The predicted octanol–water partition coefficient (Wildman–Crippen LogP) is 6.43. The van der Waals surface area contributed by atoms with Crippen LogP contribution in [0.4, 0.5) is 10.1 Å². The Bertz CT molecular complexity index is 1620. The number of hydrogen-bond donors (Lipinski definition) is 2. The second-order valence-electron chi connectivity index (χ2n) is 16.1. The molecule has 8 atom stereocenters. The Morgan fingerprint density at radius 1 is 0.894 bits per heavy atom. The van der Waals surface area contributed by atoms with E-state index < -0.39 is 11.0 Å². The number of fused-ring (bicyclic) bond motifs is 1. The number of allylic oxidation sites excluding steroid dienone is 4. The van der Waals surface area contributed by atoms with Crippen LogP contribution in [0.1, 0.15) is 69.2 Å². The minimum atomic E-state index is -0.868. The zero-order valence-corrected chi connectivity index (χ0v) is 28.1. The number of carbonyl (C=O) groups is 1. The molecule has 0 aromatic heterocycles. The van der Waals surface area contributed by atoms with Gasteiger partial charge >= 0.3 is 0 Å². The molecule has 9 rings (SSSR count). The molecule has 250 valence electrons. The minimum absolute atomic E-state index is 0.0522. The Labute approximate surface area is 278 Å². The molecule has 3 saturated carbocycles. The smallest absolute Gasteiger partial charge is 0.189 e. The third-order valence-electron chi connectivity index (χ3n) is 14.4. The lowest BCUT2D eigenvalue weighted by atomic mass is 9.32. The van der Waals surface area contributed by atoms with Crippen LogP contribution in [0.2, 0.25) is 0 Å². The second-order valence-corrected chi connectivity index (χ2v) is 16.1. The quantitative estimate of drug-likeness (QED) is 0.280. The number of rotatable bonds is 6. The first-order valence-electron chi connectivity index (χ1n) is 17.7. The van der Waals surface area contributed by atoms with Crippen LogP contribution in [0.3, 0.4) is 0 Å². The van der Waals surface area contributed by atoms with Crippen molar-refractivity contribution in [3.8, 4) is 5.75 Å². The van der Waals surface area contributed by atoms with E-state index in [1.807, 2.05) is 36.4 Å². The van der Waals surface area contributed by atoms with Gasteiger partial charge in [-0.15, -0.1) is 0 Å². The Morgan fingerprint density at radius 3 is 2.26 bits per heavy atom. The molecule has 1 aliphatic heterocycles. The van der Waals surface area contributed by atoms with Gasteiger partial charge in [0.1, 0.15) is 11.6 Å². The van der Waals surface area contributed by atoms with Gasteiger partial charge in [0.15, 0.2) is 5.78 Å². The van der Waals surface area contributed by atoms with Gasteiger partial charge in [0, 0.05) is 65.8 Å². The lowest BCUT2D eigenvalue weighted by Crippen LogP contribution is -2.67. The van der Waals surface area contributed by atoms with Crippen molar-refractivity contribution in [2.75, 3.05) is 44.7 Å². The number of piperazine rings is 1. The summed E-state index contributed by atoms with van der Waals surface area (Å²) in [5.74, 6) is 0.978. The first kappa shape index (κ1) is 31.3. The van der Waals surface area contributed by atoms with Crippen LogP contribution >= 0.6 is 0 Å². The number of methoxy groups -OCH3 is 1. The summed E-state index contributed by atoms with van der Waals surface area (Å²) in [6, 6.07) is 14.2. The molecular weight excluding hydrogens is 591 g/mol. The van der Waals surface area contributed by atoms with Crippen molar-refractivity contribution >= 4 is 11.5 Å². The number of nitrogens with zero attached hydrogens (tertiary/aromatic N) is 2. The summed E-state index contributed by atoms with van der Waals surface area (Å²) in [6.45, 7) is 8.74. The maximum atomic E-state index is 14.7. The van der Waals surface area contributed by atoms with Gasteiger partial charge in [-0.3, -0.25) is 9.69 Å². The van der Waals surface area contributed by atoms with E-state index >= 15 is 0 Å². The van der Waals surface area contributed by atoms with Crippen LogP contribution in [0.5, 0.6) is 5.75 Å². The summed E-state index contributed by atoms with van der Waals surface area (Å²) in [4.78, 5) is 19.5. The van der Waals surface area contributed by atoms with Crippen LogP contribution in [0, 0.1) is 39.3 Å². The summed E-state index contributed by atoms with van der Waals surface area (Å²) >= 11 is 0. The molecule has 7 heteroatoms. The standard InChI is InChI=1S/C40H49FN2O4/c1-36-15-12-30(44)24-38(36)18-19-40(32(25-38)35(45)27-4-10-31(47-3)11-5-27)33(36)13-16-37(2)34(40)14-17-39(37,46)26-42-20-22-43(23-21-42)29-8-6-28(41)7-9-29/h4-11,18-19,25,30,33-34,44,46H,12-17,20-24,26H2,1-3H3/t30?,33-,34-,36-,37+,38+,39-,40-/m1/s1. The maximum absolute atomic E-state index is 14.7. The van der Waals surface area contributed by atoms with Gasteiger partial charge in [-0.05, 0) is 111 Å². The van der Waals surface area contributed by atoms with E-state index in [0.29, 0.717) is 18.5 Å². The molecule has 7 aliphatic rings. The van der Waals surface area contributed by atoms with Crippen molar-refractivity contribution in [1.29, 1.82) is 0 Å². The zero-order chi connectivity index (χ0) is 32.8. The number of ketones is 1. The van der Waals surface area contributed by atoms with Gasteiger partial charge in [0.2, 0.25) is 0 Å². The molecule has 2 spiro atoms. The van der Waals surface area contributed by atoms with Crippen molar-refractivity contribution in [2.24, 2.45) is 33.5 Å². The normalized spacial score (nSPS) is 40.8. The van der Waals surface area contributed by atoms with Crippen molar-refractivity contribution in [3.63, 3.8) is 0 Å². The zero-order valence-electron chi connectivity index (χ0n) is 28.1. The molecule has 2 N–H and O–H groups in total. The summed E-state index contributed by atoms with van der Waals surface area (Å²) in [6.07, 6.45) is 12.6. The summed E-state index contributed by atoms with van der Waals surface area (Å²) < 4.78 is 18.9. The molecule has 2 aromatic rings. The molecule has 6 aliphatic carbocycles. The monoisotopic (exact) mass is 640 g/mol. The van der Waals surface area contributed by atoms with E-state index in [9.17, 15) is 19.4 Å². The maximum Gasteiger partial charge on any atom is 0.189 e. The average Bonchev–Trinajstić information content (AvgIpc) is 3.35. The highest BCUT2D eigenvalue weighted by Crippen LogP contribution is 2.78. The molecular formula is C40H49FN2O4. The lowest BCUT2D eigenvalue weighted by molar-refractivity contribution is -0.176. The molecule has 0 radical (unpaired) electrons. The molecule has 0 amide bonds. The van der Waals surface area contributed by atoms with Gasteiger partial charge in [0.25, 0.3) is 0 Å². The lowest BCUT2D eigenvalue weighted by Gasteiger charge is -2.71. The van der Waals surface area contributed by atoms with E-state index in [1.54, 1.807) is 7.11 Å². The summed E-state index contributed by atoms with van der Waals surface area (Å²) in [7, 11) is 1.64. The fourth-order valence-electron chi connectivity index (χ4n) is 11.7. The highest BCUT2D eigenvalue weighted by Gasteiger charge is 2.74. The topological polar surface area (TPSA) is 73.2 Å². The highest BCUT2D eigenvalue weighted by molar-refractivity contribution is 6.10. The van der Waals surface area contributed by atoms with Crippen LogP contribution in [0.15, 0.2) is 72.3 Å². The molecule has 1 unspecified atom stereocenters. The van der Waals surface area contributed by atoms with Crippen molar-refractivity contribution in [1.82, 2.24) is 4.90 Å². The number of Topliss-reactive ketones (excluding diaryl/α,β-unsaturated/α-hetero) is 1. The SMILES string of the molecule is COc1ccc(C(=O)C2=C[C@@]34C=C[C@@]25[C@@H]2CC[C@@](O)(CN6CCN(c7ccc(F)cc7)CC6)[C@@]2(C)CC[C@@H]5[C@@]3(C)CCC(O)C4)cc1. The number of halogens is 1. The second kappa shape index (κ2) is 10.8. The average molecular weight is 641 g/mol. The molecule has 6 nitrogen and oxygen atoms in total. The third-order valence-corrected chi connectivity index (χ3v) is 14.4. The Hall–Kier alpha value is -3.00. The van der Waals surface area contributed by atoms with Crippen molar-refractivity contribution in [3.05, 3.63) is 83.7 Å². The Morgan fingerprint density at radius 2 is 1.55 bits per heavy atom. The van der Waals surface area contributed by atoms with Gasteiger partial charge in [-0.2, -0.15) is 0 Å². The number of aliphatic hydroxyl groups excluding tert-OH is 1. The van der Waals surface area contributed by atoms with E-state index in [1.165, 1.54) is 12.1 Å². The fourth-order valence-corrected chi connectivity index (χ4v) is 11.7. The number of hydrogen-bond acceptors (Lipinski definition) is 6. The van der Waals surface area contributed by atoms with Crippen LogP contribution in [-0.4, -0.2) is 72.4 Å². The van der Waals surface area contributed by atoms with E-state index in [2.05, 4.69) is 41.9 Å². The Balaban J connectivity index is 1.12. The van der Waals surface area contributed by atoms with Crippen LogP contribution < -0.4 is 9.64 Å². The highest BCUT2D eigenvalue weighted by atomic mass is 19.1. The van der Waals surface area contributed by atoms with Gasteiger partial charge in [-0.1, -0.05) is 32.1 Å². The number of aliphatic hydroxyl groups is 2. The molecule has 1 saturated heterocycles. The minimum Gasteiger partial charge on any atom is -0.497 e.